The molecule has 29 heavy (non-hydrogen) atoms. The standard InChI is InChI=1S/C19H31N3O5S2/c1-16(2)28(24,25)20-13-5-4-8-19(23)21-17-9-11-18(12-10-17)29(26,27)22-14-6-3-7-15-22/h9-12,16,20H,3-8,13-15H2,1-2H3,(H,21,23). The average molecular weight is 446 g/mol. The second-order valence-corrected chi connectivity index (χ2v) is 11.7. The van der Waals surface area contributed by atoms with E-state index in [1.165, 1.54) is 16.4 Å². The first-order valence-electron chi connectivity index (χ1n) is 10.0. The second kappa shape index (κ2) is 10.5. The summed E-state index contributed by atoms with van der Waals surface area (Å²) in [6.07, 6.45) is 4.19. The number of carbonyl (C=O) groups is 1. The van der Waals surface area contributed by atoms with Gasteiger partial charge in [-0.3, -0.25) is 4.79 Å². The van der Waals surface area contributed by atoms with Crippen LogP contribution in [0.5, 0.6) is 0 Å². The smallest absolute Gasteiger partial charge is 0.243 e. The summed E-state index contributed by atoms with van der Waals surface area (Å²) in [6.45, 7) is 4.62. The molecule has 1 saturated heterocycles. The molecule has 0 saturated carbocycles. The molecule has 1 amide bonds. The Labute approximate surface area is 174 Å². The maximum Gasteiger partial charge on any atom is 0.243 e. The zero-order valence-corrected chi connectivity index (χ0v) is 18.7. The van der Waals surface area contributed by atoms with E-state index in [4.69, 9.17) is 0 Å². The fourth-order valence-corrected chi connectivity index (χ4v) is 5.26. The zero-order valence-electron chi connectivity index (χ0n) is 17.1. The quantitative estimate of drug-likeness (QED) is 0.537. The van der Waals surface area contributed by atoms with Gasteiger partial charge in [0.2, 0.25) is 26.0 Å². The van der Waals surface area contributed by atoms with Crippen LogP contribution in [0.4, 0.5) is 5.69 Å². The molecule has 10 heteroatoms. The molecule has 2 rings (SSSR count). The Kier molecular flexibility index (Phi) is 8.62. The summed E-state index contributed by atoms with van der Waals surface area (Å²) >= 11 is 0. The van der Waals surface area contributed by atoms with Crippen molar-refractivity contribution in [1.82, 2.24) is 9.03 Å². The number of nitrogens with zero attached hydrogens (tertiary/aromatic N) is 1. The lowest BCUT2D eigenvalue weighted by Crippen LogP contribution is -2.35. The van der Waals surface area contributed by atoms with Gasteiger partial charge in [-0.1, -0.05) is 6.42 Å². The molecular formula is C19H31N3O5S2. The van der Waals surface area contributed by atoms with E-state index < -0.39 is 25.3 Å². The van der Waals surface area contributed by atoms with Crippen molar-refractivity contribution < 1.29 is 21.6 Å². The van der Waals surface area contributed by atoms with Crippen LogP contribution in [-0.4, -0.2) is 51.9 Å². The highest BCUT2D eigenvalue weighted by Crippen LogP contribution is 2.22. The van der Waals surface area contributed by atoms with Crippen LogP contribution in [0.25, 0.3) is 0 Å². The van der Waals surface area contributed by atoms with Gasteiger partial charge in [0.1, 0.15) is 0 Å². The largest absolute Gasteiger partial charge is 0.326 e. The Morgan fingerprint density at radius 3 is 2.21 bits per heavy atom. The SMILES string of the molecule is CC(C)S(=O)(=O)NCCCCC(=O)Nc1ccc(S(=O)(=O)N2CCCCC2)cc1. The van der Waals surface area contributed by atoms with Crippen LogP contribution >= 0.6 is 0 Å². The van der Waals surface area contributed by atoms with Crippen molar-refractivity contribution in [2.75, 3.05) is 25.0 Å². The van der Waals surface area contributed by atoms with Crippen LogP contribution in [0.2, 0.25) is 0 Å². The summed E-state index contributed by atoms with van der Waals surface area (Å²) in [5.41, 5.74) is 0.535. The number of carbonyl (C=O) groups excluding carboxylic acids is 1. The summed E-state index contributed by atoms with van der Waals surface area (Å²) in [5, 5.41) is 2.26. The molecule has 1 fully saturated rings. The van der Waals surface area contributed by atoms with E-state index in [-0.39, 0.29) is 17.2 Å². The average Bonchev–Trinajstić information content (AvgIpc) is 2.68. The molecule has 0 spiro atoms. The summed E-state index contributed by atoms with van der Waals surface area (Å²) < 4.78 is 52.5. The third kappa shape index (κ3) is 7.06. The van der Waals surface area contributed by atoms with Crippen molar-refractivity contribution in [1.29, 1.82) is 0 Å². The number of piperidine rings is 1. The number of unbranched alkanes of at least 4 members (excludes halogenated alkanes) is 1. The Morgan fingerprint density at radius 1 is 1.00 bits per heavy atom. The normalized spacial score (nSPS) is 16.1. The molecule has 1 aliphatic heterocycles. The van der Waals surface area contributed by atoms with Crippen LogP contribution < -0.4 is 10.0 Å². The zero-order chi connectivity index (χ0) is 21.5. The van der Waals surface area contributed by atoms with Crippen molar-refractivity contribution >= 4 is 31.6 Å². The lowest BCUT2D eigenvalue weighted by molar-refractivity contribution is -0.116. The van der Waals surface area contributed by atoms with Crippen molar-refractivity contribution in [3.63, 3.8) is 0 Å². The molecule has 1 heterocycles. The van der Waals surface area contributed by atoms with Crippen molar-refractivity contribution in [2.45, 2.75) is 62.5 Å². The molecule has 1 aliphatic rings. The number of nitrogens with one attached hydrogen (secondary N) is 2. The van der Waals surface area contributed by atoms with Crippen LogP contribution in [0, 0.1) is 0 Å². The highest BCUT2D eigenvalue weighted by atomic mass is 32.2. The third-order valence-corrected chi connectivity index (χ3v) is 8.61. The highest BCUT2D eigenvalue weighted by Gasteiger charge is 2.25. The maximum absolute atomic E-state index is 12.6. The summed E-state index contributed by atoms with van der Waals surface area (Å²) in [7, 11) is -6.76. The lowest BCUT2D eigenvalue weighted by atomic mass is 10.2. The molecule has 2 N–H and O–H groups in total. The number of amides is 1. The van der Waals surface area contributed by atoms with Gasteiger partial charge in [-0.15, -0.1) is 0 Å². The van der Waals surface area contributed by atoms with E-state index in [1.807, 2.05) is 0 Å². The van der Waals surface area contributed by atoms with Gasteiger partial charge in [-0.2, -0.15) is 4.31 Å². The van der Waals surface area contributed by atoms with Gasteiger partial charge in [-0.05, 0) is 63.8 Å². The van der Waals surface area contributed by atoms with Crippen LogP contribution in [0.3, 0.4) is 0 Å². The third-order valence-electron chi connectivity index (χ3n) is 4.85. The predicted octanol–water partition coefficient (Wildman–Crippen LogP) is 2.30. The monoisotopic (exact) mass is 445 g/mol. The Hall–Kier alpha value is -1.49. The summed E-state index contributed by atoms with van der Waals surface area (Å²) in [6, 6.07) is 6.21. The highest BCUT2D eigenvalue weighted by molar-refractivity contribution is 7.90. The predicted molar refractivity (Wildman–Crippen MR) is 114 cm³/mol. The molecule has 0 aliphatic carbocycles. The molecule has 0 atom stereocenters. The van der Waals surface area contributed by atoms with Crippen LogP contribution in [-0.2, 0) is 24.8 Å². The minimum absolute atomic E-state index is 0.191. The molecular weight excluding hydrogens is 414 g/mol. The van der Waals surface area contributed by atoms with Gasteiger partial charge in [-0.25, -0.2) is 21.6 Å². The van der Waals surface area contributed by atoms with Gasteiger partial charge in [0.25, 0.3) is 0 Å². The molecule has 1 aromatic carbocycles. The minimum Gasteiger partial charge on any atom is -0.326 e. The summed E-state index contributed by atoms with van der Waals surface area (Å²) in [5.74, 6) is -0.191. The first kappa shape index (κ1) is 23.8. The Morgan fingerprint density at radius 2 is 1.62 bits per heavy atom. The minimum atomic E-state index is -3.48. The van der Waals surface area contributed by atoms with E-state index in [9.17, 15) is 21.6 Å². The van der Waals surface area contributed by atoms with E-state index in [2.05, 4.69) is 10.0 Å². The first-order valence-corrected chi connectivity index (χ1v) is 13.0. The van der Waals surface area contributed by atoms with Gasteiger partial charge in [0, 0.05) is 31.7 Å². The molecule has 0 aromatic heterocycles. The van der Waals surface area contributed by atoms with Gasteiger partial charge in [0.15, 0.2) is 0 Å². The molecule has 164 valence electrons. The van der Waals surface area contributed by atoms with E-state index >= 15 is 0 Å². The molecule has 0 bridgehead atoms. The second-order valence-electron chi connectivity index (χ2n) is 7.48. The maximum atomic E-state index is 12.6. The molecule has 1 aromatic rings. The molecule has 0 radical (unpaired) electrons. The van der Waals surface area contributed by atoms with Gasteiger partial charge >= 0.3 is 0 Å². The van der Waals surface area contributed by atoms with Crippen molar-refractivity contribution in [2.24, 2.45) is 0 Å². The van der Waals surface area contributed by atoms with Gasteiger partial charge < -0.3 is 5.32 Å². The number of rotatable bonds is 10. The Bertz CT molecular complexity index is 875. The number of sulfonamides is 2. The summed E-state index contributed by atoms with van der Waals surface area (Å²) in [4.78, 5) is 12.3. The fourth-order valence-electron chi connectivity index (χ4n) is 2.98. The van der Waals surface area contributed by atoms with Crippen molar-refractivity contribution in [3.05, 3.63) is 24.3 Å². The van der Waals surface area contributed by atoms with Gasteiger partial charge in [0.05, 0.1) is 10.1 Å². The van der Waals surface area contributed by atoms with E-state index in [1.54, 1.807) is 26.0 Å². The first-order chi connectivity index (χ1) is 13.6. The Balaban J connectivity index is 1.78. The topological polar surface area (TPSA) is 113 Å². The molecule has 0 unspecified atom stereocenters. The number of benzene rings is 1. The van der Waals surface area contributed by atoms with Crippen LogP contribution in [0.1, 0.15) is 52.4 Å². The van der Waals surface area contributed by atoms with Crippen molar-refractivity contribution in [3.8, 4) is 0 Å². The lowest BCUT2D eigenvalue weighted by Gasteiger charge is -2.25. The van der Waals surface area contributed by atoms with E-state index in [0.29, 0.717) is 38.2 Å². The fraction of sp³-hybridized carbons (Fsp3) is 0.632. The van der Waals surface area contributed by atoms with Crippen LogP contribution in [0.15, 0.2) is 29.2 Å². The van der Waals surface area contributed by atoms with E-state index in [0.717, 1.165) is 19.3 Å². The number of hydrogen-bond acceptors (Lipinski definition) is 5. The number of hydrogen-bond donors (Lipinski definition) is 2. The molecule has 8 nitrogen and oxygen atoms in total. The number of anilines is 1.